The van der Waals surface area contributed by atoms with Crippen LogP contribution in [0.1, 0.15) is 39.5 Å². The zero-order chi connectivity index (χ0) is 13.2. The summed E-state index contributed by atoms with van der Waals surface area (Å²) in [7, 11) is 0. The van der Waals surface area contributed by atoms with Crippen LogP contribution in [0.4, 0.5) is 0 Å². The Balaban J connectivity index is 0.00000324. The number of carbonyl (C=O) groups excluding carboxylic acids is 1. The molecule has 0 spiro atoms. The predicted molar refractivity (Wildman–Crippen MR) is 80.8 cm³/mol. The third-order valence-electron chi connectivity index (χ3n) is 3.48. The van der Waals surface area contributed by atoms with Crippen molar-refractivity contribution in [1.29, 1.82) is 0 Å². The first kappa shape index (κ1) is 18.7. The average Bonchev–Trinajstić information content (AvgIpc) is 2.39. The maximum atomic E-state index is 12.0. The van der Waals surface area contributed by atoms with Gasteiger partial charge in [-0.05, 0) is 12.8 Å². The maximum Gasteiger partial charge on any atom is 0.223 e. The molecule has 1 amide bonds. The van der Waals surface area contributed by atoms with Crippen molar-refractivity contribution >= 4 is 18.3 Å². The van der Waals surface area contributed by atoms with Crippen LogP contribution in [0, 0.1) is 5.92 Å². The molecular formula is C14H29ClN2O2. The molecule has 5 heteroatoms. The molecule has 1 N–H and O–H groups in total. The monoisotopic (exact) mass is 292 g/mol. The second-order valence-corrected chi connectivity index (χ2v) is 5.02. The van der Waals surface area contributed by atoms with Gasteiger partial charge in [0.05, 0.1) is 13.2 Å². The molecule has 114 valence electrons. The minimum atomic E-state index is 0. The van der Waals surface area contributed by atoms with Crippen molar-refractivity contribution in [3.63, 3.8) is 0 Å². The van der Waals surface area contributed by atoms with E-state index in [-0.39, 0.29) is 24.2 Å². The largest absolute Gasteiger partial charge is 0.379 e. The number of hydrogen-bond donors (Lipinski definition) is 1. The number of morpholine rings is 1. The number of nitrogens with one attached hydrogen (secondary N) is 1. The van der Waals surface area contributed by atoms with Crippen molar-refractivity contribution < 1.29 is 9.53 Å². The summed E-state index contributed by atoms with van der Waals surface area (Å²) in [5.74, 6) is 0.455. The van der Waals surface area contributed by atoms with Gasteiger partial charge in [-0.1, -0.05) is 26.7 Å². The molecule has 19 heavy (non-hydrogen) atoms. The lowest BCUT2D eigenvalue weighted by Crippen LogP contribution is -2.42. The number of nitrogens with zero attached hydrogens (tertiary/aromatic N) is 1. The predicted octanol–water partition coefficient (Wildman–Crippen LogP) is 2.07. The van der Waals surface area contributed by atoms with Gasteiger partial charge in [0.25, 0.3) is 0 Å². The van der Waals surface area contributed by atoms with Gasteiger partial charge in [-0.25, -0.2) is 0 Å². The Morgan fingerprint density at radius 3 is 2.32 bits per heavy atom. The maximum absolute atomic E-state index is 12.0. The highest BCUT2D eigenvalue weighted by Crippen LogP contribution is 2.13. The van der Waals surface area contributed by atoms with Crippen LogP contribution >= 0.6 is 12.4 Å². The normalized spacial score (nSPS) is 16.2. The quantitative estimate of drug-likeness (QED) is 0.745. The Labute approximate surface area is 123 Å². The molecule has 1 heterocycles. The smallest absolute Gasteiger partial charge is 0.223 e. The highest BCUT2D eigenvalue weighted by Gasteiger charge is 2.16. The van der Waals surface area contributed by atoms with Crippen LogP contribution in [0.25, 0.3) is 0 Å². The van der Waals surface area contributed by atoms with Crippen molar-refractivity contribution in [3.8, 4) is 0 Å². The summed E-state index contributed by atoms with van der Waals surface area (Å²) in [6.07, 6.45) is 4.19. The van der Waals surface area contributed by atoms with E-state index in [2.05, 4.69) is 24.1 Å². The molecule has 0 aliphatic carbocycles. The van der Waals surface area contributed by atoms with Gasteiger partial charge in [0.15, 0.2) is 0 Å². The molecule has 1 aliphatic rings. The van der Waals surface area contributed by atoms with Gasteiger partial charge in [0.1, 0.15) is 0 Å². The number of hydrogen-bond acceptors (Lipinski definition) is 3. The standard InChI is InChI=1S/C14H28N2O2.ClH/c1-3-5-13(6-4-2)14(17)15-7-8-16-9-11-18-12-10-16;/h13H,3-12H2,1-2H3,(H,15,17);1H. The molecule has 1 saturated heterocycles. The molecule has 1 aliphatic heterocycles. The van der Waals surface area contributed by atoms with E-state index in [0.29, 0.717) is 0 Å². The Morgan fingerprint density at radius 2 is 1.79 bits per heavy atom. The minimum absolute atomic E-state index is 0. The first-order valence-electron chi connectivity index (χ1n) is 7.35. The fourth-order valence-electron chi connectivity index (χ4n) is 2.41. The van der Waals surface area contributed by atoms with E-state index in [1.165, 1.54) is 0 Å². The second-order valence-electron chi connectivity index (χ2n) is 5.02. The summed E-state index contributed by atoms with van der Waals surface area (Å²) in [6, 6.07) is 0. The van der Waals surface area contributed by atoms with Crippen LogP contribution in [0.15, 0.2) is 0 Å². The van der Waals surface area contributed by atoms with Gasteiger partial charge >= 0.3 is 0 Å². The summed E-state index contributed by atoms with van der Waals surface area (Å²) in [4.78, 5) is 14.4. The molecule has 0 aromatic carbocycles. The Hall–Kier alpha value is -0.320. The van der Waals surface area contributed by atoms with Crippen molar-refractivity contribution in [1.82, 2.24) is 10.2 Å². The lowest BCUT2D eigenvalue weighted by atomic mass is 9.97. The van der Waals surface area contributed by atoms with Gasteiger partial charge in [-0.3, -0.25) is 9.69 Å². The molecule has 4 nitrogen and oxygen atoms in total. The second kappa shape index (κ2) is 11.5. The summed E-state index contributed by atoms with van der Waals surface area (Å²) in [5.41, 5.74) is 0. The number of halogens is 1. The molecule has 1 rings (SSSR count). The summed E-state index contributed by atoms with van der Waals surface area (Å²) in [6.45, 7) is 9.62. The Kier molecular flexibility index (Phi) is 11.3. The lowest BCUT2D eigenvalue weighted by molar-refractivity contribution is -0.125. The molecular weight excluding hydrogens is 264 g/mol. The van der Waals surface area contributed by atoms with E-state index in [4.69, 9.17) is 4.74 Å². The number of ether oxygens (including phenoxy) is 1. The Bertz CT molecular complexity index is 227. The van der Waals surface area contributed by atoms with Crippen LogP contribution in [0.3, 0.4) is 0 Å². The summed E-state index contributed by atoms with van der Waals surface area (Å²) >= 11 is 0. The van der Waals surface area contributed by atoms with E-state index in [1.54, 1.807) is 0 Å². The number of rotatable bonds is 8. The fourth-order valence-corrected chi connectivity index (χ4v) is 2.41. The number of amides is 1. The fraction of sp³-hybridized carbons (Fsp3) is 0.929. The SMILES string of the molecule is CCCC(CCC)C(=O)NCCN1CCOCC1.Cl. The van der Waals surface area contributed by atoms with Crippen molar-refractivity contribution in [2.75, 3.05) is 39.4 Å². The molecule has 0 aromatic rings. The average molecular weight is 293 g/mol. The van der Waals surface area contributed by atoms with Crippen molar-refractivity contribution in [3.05, 3.63) is 0 Å². The van der Waals surface area contributed by atoms with E-state index >= 15 is 0 Å². The van der Waals surface area contributed by atoms with Crippen molar-refractivity contribution in [2.24, 2.45) is 5.92 Å². The number of carbonyl (C=O) groups is 1. The highest BCUT2D eigenvalue weighted by atomic mass is 35.5. The third-order valence-corrected chi connectivity index (χ3v) is 3.48. The zero-order valence-corrected chi connectivity index (χ0v) is 13.1. The highest BCUT2D eigenvalue weighted by molar-refractivity contribution is 5.85. The molecule has 0 unspecified atom stereocenters. The summed E-state index contributed by atoms with van der Waals surface area (Å²) < 4.78 is 5.30. The van der Waals surface area contributed by atoms with Gasteiger partial charge in [-0.2, -0.15) is 0 Å². The zero-order valence-electron chi connectivity index (χ0n) is 12.3. The van der Waals surface area contributed by atoms with Gasteiger partial charge in [0.2, 0.25) is 5.91 Å². The first-order chi connectivity index (χ1) is 8.77. The molecule has 0 radical (unpaired) electrons. The lowest BCUT2D eigenvalue weighted by Gasteiger charge is -2.26. The molecule has 0 atom stereocenters. The summed E-state index contributed by atoms with van der Waals surface area (Å²) in [5, 5.41) is 3.08. The molecule has 0 saturated carbocycles. The van der Waals surface area contributed by atoms with Gasteiger partial charge in [-0.15, -0.1) is 12.4 Å². The van der Waals surface area contributed by atoms with E-state index in [1.807, 2.05) is 0 Å². The Morgan fingerprint density at radius 1 is 1.21 bits per heavy atom. The van der Waals surface area contributed by atoms with Crippen LogP contribution in [-0.4, -0.2) is 50.2 Å². The first-order valence-corrected chi connectivity index (χ1v) is 7.35. The van der Waals surface area contributed by atoms with Crippen LogP contribution in [-0.2, 0) is 9.53 Å². The van der Waals surface area contributed by atoms with Crippen LogP contribution in [0.2, 0.25) is 0 Å². The van der Waals surface area contributed by atoms with E-state index < -0.39 is 0 Å². The van der Waals surface area contributed by atoms with Crippen molar-refractivity contribution in [2.45, 2.75) is 39.5 Å². The van der Waals surface area contributed by atoms with Crippen LogP contribution < -0.4 is 5.32 Å². The molecule has 0 bridgehead atoms. The van der Waals surface area contributed by atoms with Gasteiger partial charge in [0, 0.05) is 32.1 Å². The van der Waals surface area contributed by atoms with E-state index in [9.17, 15) is 4.79 Å². The third kappa shape index (κ3) is 7.75. The molecule has 0 aromatic heterocycles. The van der Waals surface area contributed by atoms with Gasteiger partial charge < -0.3 is 10.1 Å². The molecule has 1 fully saturated rings. The minimum Gasteiger partial charge on any atom is -0.379 e. The van der Waals surface area contributed by atoms with Crippen LogP contribution in [0.5, 0.6) is 0 Å². The van der Waals surface area contributed by atoms with E-state index in [0.717, 1.165) is 65.1 Å². The topological polar surface area (TPSA) is 41.6 Å².